The van der Waals surface area contributed by atoms with Crippen molar-refractivity contribution in [2.24, 2.45) is 0 Å². The Bertz CT molecular complexity index is 717. The summed E-state index contributed by atoms with van der Waals surface area (Å²) in [4.78, 5) is 3.74. The third-order valence-corrected chi connectivity index (χ3v) is 3.83. The first-order valence-electron chi connectivity index (χ1n) is 5.39. The molecule has 0 atom stereocenters. The van der Waals surface area contributed by atoms with Crippen molar-refractivity contribution in [1.29, 1.82) is 0 Å². The van der Waals surface area contributed by atoms with Crippen LogP contribution in [-0.4, -0.2) is 13.4 Å². The maximum absolute atomic E-state index is 13.0. The summed E-state index contributed by atoms with van der Waals surface area (Å²) in [7, 11) is -3.89. The fourth-order valence-corrected chi connectivity index (χ4v) is 2.76. The van der Waals surface area contributed by atoms with Crippen LogP contribution in [-0.2, 0) is 10.0 Å². The highest BCUT2D eigenvalue weighted by atomic mass is 32.2. The van der Waals surface area contributed by atoms with E-state index < -0.39 is 15.8 Å². The van der Waals surface area contributed by atoms with Crippen LogP contribution in [0.3, 0.4) is 0 Å². The number of benzene rings is 1. The maximum Gasteiger partial charge on any atom is 0.281 e. The summed E-state index contributed by atoms with van der Waals surface area (Å²) in [6.07, 6.45) is 1.34. The number of nitrogens with zero attached hydrogens (tertiary/aromatic N) is 1. The first-order chi connectivity index (χ1) is 8.90. The molecular weight excluding hydrogens is 269 g/mol. The van der Waals surface area contributed by atoms with Crippen molar-refractivity contribution >= 4 is 21.4 Å². The molecule has 0 aliphatic rings. The van der Waals surface area contributed by atoms with E-state index >= 15 is 0 Å². The standard InChI is InChI=1S/C12H12FN3O2S/c1-8-7-9(13)4-5-11(8)16-19(17,18)12-10(14)3-2-6-15-12/h2-7,16H,14H2,1H3. The summed E-state index contributed by atoms with van der Waals surface area (Å²) in [6, 6.07) is 6.74. The molecule has 7 heteroatoms. The molecule has 1 heterocycles. The number of nitrogen functional groups attached to an aromatic ring is 1. The quantitative estimate of drug-likeness (QED) is 0.900. The predicted molar refractivity (Wildman–Crippen MR) is 70.6 cm³/mol. The van der Waals surface area contributed by atoms with E-state index in [9.17, 15) is 12.8 Å². The summed E-state index contributed by atoms with van der Waals surface area (Å²) in [6.45, 7) is 1.60. The van der Waals surface area contributed by atoms with E-state index in [0.717, 1.165) is 0 Å². The fraction of sp³-hybridized carbons (Fsp3) is 0.0833. The molecule has 5 nitrogen and oxygen atoms in total. The van der Waals surface area contributed by atoms with Crippen molar-refractivity contribution in [3.05, 3.63) is 47.9 Å². The topological polar surface area (TPSA) is 85.1 Å². The molecule has 0 unspecified atom stereocenters. The number of nitrogens with one attached hydrogen (secondary N) is 1. The Morgan fingerprint density at radius 2 is 2.05 bits per heavy atom. The van der Waals surface area contributed by atoms with E-state index in [1.165, 1.54) is 36.5 Å². The lowest BCUT2D eigenvalue weighted by Gasteiger charge is -2.11. The third-order valence-electron chi connectivity index (χ3n) is 2.49. The van der Waals surface area contributed by atoms with Gasteiger partial charge in [-0.25, -0.2) is 9.37 Å². The predicted octanol–water partition coefficient (Wildman–Crippen LogP) is 1.91. The second-order valence-electron chi connectivity index (χ2n) is 3.96. The van der Waals surface area contributed by atoms with Gasteiger partial charge in [0.1, 0.15) is 5.82 Å². The van der Waals surface area contributed by atoms with Crippen molar-refractivity contribution in [2.75, 3.05) is 10.5 Å². The number of nitrogens with two attached hydrogens (primary N) is 1. The van der Waals surface area contributed by atoms with Crippen LogP contribution < -0.4 is 10.5 Å². The van der Waals surface area contributed by atoms with E-state index in [4.69, 9.17) is 5.73 Å². The zero-order valence-corrected chi connectivity index (χ0v) is 10.9. The molecule has 1 aromatic carbocycles. The first kappa shape index (κ1) is 13.3. The highest BCUT2D eigenvalue weighted by Gasteiger charge is 2.19. The van der Waals surface area contributed by atoms with Crippen LogP contribution in [0.15, 0.2) is 41.6 Å². The van der Waals surface area contributed by atoms with Gasteiger partial charge in [-0.1, -0.05) is 0 Å². The summed E-state index contributed by atoms with van der Waals surface area (Å²) < 4.78 is 39.5. The highest BCUT2D eigenvalue weighted by Crippen LogP contribution is 2.21. The van der Waals surface area contributed by atoms with E-state index in [0.29, 0.717) is 5.56 Å². The van der Waals surface area contributed by atoms with Crippen LogP contribution in [0.4, 0.5) is 15.8 Å². The zero-order chi connectivity index (χ0) is 14.0. The molecule has 0 fully saturated rings. The lowest BCUT2D eigenvalue weighted by Crippen LogP contribution is -2.17. The average molecular weight is 281 g/mol. The number of aryl methyl sites for hydroxylation is 1. The normalized spacial score (nSPS) is 11.3. The van der Waals surface area contributed by atoms with Gasteiger partial charge < -0.3 is 5.73 Å². The smallest absolute Gasteiger partial charge is 0.281 e. The Hall–Kier alpha value is -2.15. The number of halogens is 1. The molecule has 0 saturated carbocycles. The van der Waals surface area contributed by atoms with Gasteiger partial charge in [-0.05, 0) is 42.8 Å². The SMILES string of the molecule is Cc1cc(F)ccc1NS(=O)(=O)c1ncccc1N. The van der Waals surface area contributed by atoms with Crippen LogP contribution in [0, 0.1) is 12.7 Å². The van der Waals surface area contributed by atoms with Crippen molar-refractivity contribution < 1.29 is 12.8 Å². The third kappa shape index (κ3) is 2.82. The Morgan fingerprint density at radius 1 is 1.32 bits per heavy atom. The van der Waals surface area contributed by atoms with Gasteiger partial charge in [-0.15, -0.1) is 0 Å². The lowest BCUT2D eigenvalue weighted by atomic mass is 10.2. The Kier molecular flexibility index (Phi) is 3.39. The minimum absolute atomic E-state index is 0.0507. The second kappa shape index (κ2) is 4.85. The first-order valence-corrected chi connectivity index (χ1v) is 6.88. The molecule has 2 rings (SSSR count). The molecule has 0 aliphatic carbocycles. The number of hydrogen-bond acceptors (Lipinski definition) is 4. The largest absolute Gasteiger partial charge is 0.396 e. The number of aromatic nitrogens is 1. The molecule has 1 aromatic heterocycles. The molecule has 19 heavy (non-hydrogen) atoms. The zero-order valence-electron chi connectivity index (χ0n) is 10.1. The van der Waals surface area contributed by atoms with Gasteiger partial charge in [0.25, 0.3) is 10.0 Å². The van der Waals surface area contributed by atoms with Crippen LogP contribution in [0.1, 0.15) is 5.56 Å². The Labute approximate surface area is 110 Å². The van der Waals surface area contributed by atoms with Crippen LogP contribution >= 0.6 is 0 Å². The van der Waals surface area contributed by atoms with Crippen LogP contribution in [0.25, 0.3) is 0 Å². The van der Waals surface area contributed by atoms with Crippen molar-refractivity contribution in [1.82, 2.24) is 4.98 Å². The fourth-order valence-electron chi connectivity index (χ4n) is 1.56. The van der Waals surface area contributed by atoms with Gasteiger partial charge in [0.15, 0.2) is 5.03 Å². The van der Waals surface area contributed by atoms with Gasteiger partial charge in [-0.3, -0.25) is 4.72 Å². The van der Waals surface area contributed by atoms with E-state index in [1.54, 1.807) is 6.92 Å². The summed E-state index contributed by atoms with van der Waals surface area (Å²) in [5.41, 5.74) is 6.39. The molecule has 0 amide bonds. The molecule has 0 radical (unpaired) electrons. The van der Waals surface area contributed by atoms with Crippen LogP contribution in [0.5, 0.6) is 0 Å². The Morgan fingerprint density at radius 3 is 2.68 bits per heavy atom. The van der Waals surface area contributed by atoms with E-state index in [1.807, 2.05) is 0 Å². The number of sulfonamides is 1. The van der Waals surface area contributed by atoms with Crippen LogP contribution in [0.2, 0.25) is 0 Å². The molecule has 0 bridgehead atoms. The van der Waals surface area contributed by atoms with Gasteiger partial charge in [-0.2, -0.15) is 8.42 Å². The number of anilines is 2. The minimum atomic E-state index is -3.89. The number of pyridine rings is 1. The Balaban J connectivity index is 2.40. The second-order valence-corrected chi connectivity index (χ2v) is 5.56. The van der Waals surface area contributed by atoms with Gasteiger partial charge in [0, 0.05) is 6.20 Å². The summed E-state index contributed by atoms with van der Waals surface area (Å²) in [5.74, 6) is -0.433. The summed E-state index contributed by atoms with van der Waals surface area (Å²) >= 11 is 0. The van der Waals surface area contributed by atoms with Gasteiger partial charge in [0.2, 0.25) is 0 Å². The van der Waals surface area contributed by atoms with E-state index in [-0.39, 0.29) is 16.4 Å². The molecule has 0 aliphatic heterocycles. The molecule has 100 valence electrons. The highest BCUT2D eigenvalue weighted by molar-refractivity contribution is 7.92. The van der Waals surface area contributed by atoms with Gasteiger partial charge in [0.05, 0.1) is 11.4 Å². The minimum Gasteiger partial charge on any atom is -0.396 e. The van der Waals surface area contributed by atoms with Crippen molar-refractivity contribution in [3.63, 3.8) is 0 Å². The summed E-state index contributed by atoms with van der Waals surface area (Å²) in [5, 5.41) is -0.251. The van der Waals surface area contributed by atoms with E-state index in [2.05, 4.69) is 9.71 Å². The van der Waals surface area contributed by atoms with Crippen molar-refractivity contribution in [2.45, 2.75) is 11.9 Å². The van der Waals surface area contributed by atoms with Crippen molar-refractivity contribution in [3.8, 4) is 0 Å². The molecule has 0 saturated heterocycles. The molecular formula is C12H12FN3O2S. The molecule has 2 aromatic rings. The lowest BCUT2D eigenvalue weighted by molar-refractivity contribution is 0.598. The number of hydrogen-bond donors (Lipinski definition) is 2. The average Bonchev–Trinajstić information content (AvgIpc) is 2.33. The molecule has 3 N–H and O–H groups in total. The van der Waals surface area contributed by atoms with Gasteiger partial charge >= 0.3 is 0 Å². The number of rotatable bonds is 3. The molecule has 0 spiro atoms. The maximum atomic E-state index is 13.0. The monoisotopic (exact) mass is 281 g/mol.